The fourth-order valence-corrected chi connectivity index (χ4v) is 1.40. The van der Waals surface area contributed by atoms with Crippen molar-refractivity contribution in [1.82, 2.24) is 20.2 Å². The Morgan fingerprint density at radius 1 is 1.12 bits per heavy atom. The summed E-state index contributed by atoms with van der Waals surface area (Å²) in [5, 5.41) is 11.4. The average Bonchev–Trinajstić information content (AvgIpc) is 2.67. The molecule has 7 heteroatoms. The molecule has 2 aromatic rings. The molecule has 0 aliphatic carbocycles. The Morgan fingerprint density at radius 2 is 1.81 bits per heavy atom. The summed E-state index contributed by atoms with van der Waals surface area (Å²) in [5.41, 5.74) is 1.05. The summed E-state index contributed by atoms with van der Waals surface area (Å²) < 4.78 is -1.63. The van der Waals surface area contributed by atoms with Gasteiger partial charge in [0.1, 0.15) is 0 Å². The lowest BCUT2D eigenvalue weighted by Gasteiger charge is -2.02. The van der Waals surface area contributed by atoms with Crippen LogP contribution in [-0.4, -0.2) is 20.2 Å². The average molecular weight is 278 g/mol. The zero-order valence-electron chi connectivity index (χ0n) is 8.02. The highest BCUT2D eigenvalue weighted by atomic mass is 35.6. The molecule has 0 N–H and O–H groups in total. The highest BCUT2D eigenvalue weighted by Crippen LogP contribution is 2.35. The van der Waals surface area contributed by atoms with Gasteiger partial charge in [0.2, 0.25) is 5.82 Å². The molecule has 16 heavy (non-hydrogen) atoms. The maximum absolute atomic E-state index is 5.63. The molecule has 0 atom stereocenters. The van der Waals surface area contributed by atoms with Gasteiger partial charge in [0.15, 0.2) is 0 Å². The van der Waals surface area contributed by atoms with Gasteiger partial charge >= 0.3 is 0 Å². The van der Waals surface area contributed by atoms with E-state index >= 15 is 0 Å². The summed E-state index contributed by atoms with van der Waals surface area (Å²) in [5.74, 6) is 0.0773. The number of rotatable bonds is 2. The fourth-order valence-electron chi connectivity index (χ4n) is 1.17. The van der Waals surface area contributed by atoms with Crippen molar-refractivity contribution in [1.29, 1.82) is 0 Å². The monoisotopic (exact) mass is 276 g/mol. The molecule has 4 nitrogen and oxygen atoms in total. The molecule has 0 bridgehead atoms. The second-order valence-corrected chi connectivity index (χ2v) is 5.41. The van der Waals surface area contributed by atoms with Crippen molar-refractivity contribution in [3.8, 4) is 0 Å². The van der Waals surface area contributed by atoms with Crippen LogP contribution in [0, 0.1) is 0 Å². The predicted molar refractivity (Wildman–Crippen MR) is 62.6 cm³/mol. The van der Waals surface area contributed by atoms with Gasteiger partial charge in [-0.05, 0) is 10.8 Å². The Morgan fingerprint density at radius 3 is 2.38 bits per heavy atom. The fraction of sp³-hybridized carbons (Fsp3) is 0.222. The summed E-state index contributed by atoms with van der Waals surface area (Å²) in [7, 11) is 0. The van der Waals surface area contributed by atoms with Gasteiger partial charge in [-0.3, -0.25) is 0 Å². The van der Waals surface area contributed by atoms with Gasteiger partial charge in [0, 0.05) is 0 Å². The van der Waals surface area contributed by atoms with Crippen molar-refractivity contribution in [2.75, 3.05) is 0 Å². The normalized spacial score (nSPS) is 11.7. The summed E-state index contributed by atoms with van der Waals surface area (Å²) in [6.07, 6.45) is 0. The van der Waals surface area contributed by atoms with Crippen molar-refractivity contribution in [3.63, 3.8) is 0 Å². The molecule has 1 aromatic carbocycles. The van der Waals surface area contributed by atoms with E-state index in [0.29, 0.717) is 6.54 Å². The Bertz CT molecular complexity index is 463. The summed E-state index contributed by atoms with van der Waals surface area (Å²) in [6, 6.07) is 9.71. The smallest absolute Gasteiger partial charge is 0.160 e. The quantitative estimate of drug-likeness (QED) is 0.792. The predicted octanol–water partition coefficient (Wildman–Crippen LogP) is 2.55. The molecule has 84 valence electrons. The van der Waals surface area contributed by atoms with Crippen molar-refractivity contribution < 1.29 is 0 Å². The molecule has 0 saturated carbocycles. The minimum Gasteiger partial charge on any atom is -0.160 e. The van der Waals surface area contributed by atoms with E-state index in [2.05, 4.69) is 15.4 Å². The number of tetrazole rings is 1. The van der Waals surface area contributed by atoms with Gasteiger partial charge in [-0.15, -0.1) is 10.2 Å². The number of halogens is 3. The minimum absolute atomic E-state index is 0.0773. The first-order chi connectivity index (χ1) is 7.55. The number of benzene rings is 1. The Balaban J connectivity index is 2.15. The van der Waals surface area contributed by atoms with Gasteiger partial charge in [-0.2, -0.15) is 4.80 Å². The molecule has 0 aliphatic heterocycles. The van der Waals surface area contributed by atoms with Crippen LogP contribution < -0.4 is 0 Å². The molecule has 0 radical (unpaired) electrons. The third-order valence-electron chi connectivity index (χ3n) is 1.87. The van der Waals surface area contributed by atoms with E-state index in [4.69, 9.17) is 34.8 Å². The molecule has 2 rings (SSSR count). The van der Waals surface area contributed by atoms with Crippen LogP contribution in [0.1, 0.15) is 11.4 Å². The number of hydrogen-bond donors (Lipinski definition) is 0. The van der Waals surface area contributed by atoms with E-state index in [9.17, 15) is 0 Å². The lowest BCUT2D eigenvalue weighted by atomic mass is 10.2. The van der Waals surface area contributed by atoms with Crippen LogP contribution in [0.3, 0.4) is 0 Å². The zero-order valence-corrected chi connectivity index (χ0v) is 10.3. The maximum Gasteiger partial charge on any atom is 0.253 e. The van der Waals surface area contributed by atoms with Crippen LogP contribution in [0.4, 0.5) is 0 Å². The van der Waals surface area contributed by atoms with Crippen molar-refractivity contribution in [2.45, 2.75) is 10.3 Å². The lowest BCUT2D eigenvalue weighted by molar-refractivity contribution is 0.570. The first-order valence-electron chi connectivity index (χ1n) is 4.44. The van der Waals surface area contributed by atoms with Crippen LogP contribution in [0.5, 0.6) is 0 Å². The molecule has 1 heterocycles. The summed E-state index contributed by atoms with van der Waals surface area (Å²) >= 11 is 16.9. The zero-order chi connectivity index (χ0) is 11.6. The van der Waals surface area contributed by atoms with E-state index in [-0.39, 0.29) is 5.82 Å². The van der Waals surface area contributed by atoms with Crippen molar-refractivity contribution in [2.24, 2.45) is 0 Å². The number of aromatic nitrogens is 4. The Kier molecular flexibility index (Phi) is 3.33. The molecular formula is C9H7Cl3N4. The lowest BCUT2D eigenvalue weighted by Crippen LogP contribution is -2.07. The van der Waals surface area contributed by atoms with Crippen LogP contribution in [-0.2, 0) is 10.3 Å². The van der Waals surface area contributed by atoms with Crippen molar-refractivity contribution >= 4 is 34.8 Å². The number of nitrogens with zero attached hydrogens (tertiary/aromatic N) is 4. The SMILES string of the molecule is ClC(Cl)(Cl)c1nnn(Cc2ccccc2)n1. The van der Waals surface area contributed by atoms with Crippen LogP contribution in [0.2, 0.25) is 0 Å². The van der Waals surface area contributed by atoms with Crippen LogP contribution >= 0.6 is 34.8 Å². The molecule has 1 aromatic heterocycles. The van der Waals surface area contributed by atoms with E-state index in [1.807, 2.05) is 30.3 Å². The van der Waals surface area contributed by atoms with E-state index in [1.54, 1.807) is 0 Å². The minimum atomic E-state index is -1.63. The standard InChI is InChI=1S/C9H7Cl3N4/c10-9(11,12)8-13-15-16(14-8)6-7-4-2-1-3-5-7/h1-5H,6H2. The van der Waals surface area contributed by atoms with Gasteiger partial charge in [-0.25, -0.2) is 0 Å². The molecule has 0 fully saturated rings. The van der Waals surface area contributed by atoms with Crippen LogP contribution in [0.15, 0.2) is 30.3 Å². The number of hydrogen-bond acceptors (Lipinski definition) is 3. The van der Waals surface area contributed by atoms with Gasteiger partial charge in [0.25, 0.3) is 3.79 Å². The van der Waals surface area contributed by atoms with E-state index in [1.165, 1.54) is 4.80 Å². The molecule has 0 spiro atoms. The van der Waals surface area contributed by atoms with E-state index in [0.717, 1.165) is 5.56 Å². The molecule has 0 aliphatic rings. The van der Waals surface area contributed by atoms with Crippen LogP contribution in [0.25, 0.3) is 0 Å². The summed E-state index contributed by atoms with van der Waals surface area (Å²) in [6.45, 7) is 0.495. The molecule has 0 unspecified atom stereocenters. The second kappa shape index (κ2) is 4.57. The van der Waals surface area contributed by atoms with Gasteiger partial charge in [-0.1, -0.05) is 65.1 Å². The Labute approximate surface area is 107 Å². The van der Waals surface area contributed by atoms with Gasteiger partial charge in [0.05, 0.1) is 6.54 Å². The third-order valence-corrected chi connectivity index (χ3v) is 2.38. The maximum atomic E-state index is 5.63. The Hall–Kier alpha value is -0.840. The summed E-state index contributed by atoms with van der Waals surface area (Å²) in [4.78, 5) is 1.38. The van der Waals surface area contributed by atoms with Crippen molar-refractivity contribution in [3.05, 3.63) is 41.7 Å². The second-order valence-electron chi connectivity index (χ2n) is 3.13. The van der Waals surface area contributed by atoms with E-state index < -0.39 is 3.79 Å². The van der Waals surface area contributed by atoms with Gasteiger partial charge < -0.3 is 0 Å². The largest absolute Gasteiger partial charge is 0.253 e. The number of alkyl halides is 3. The molecule has 0 amide bonds. The first-order valence-corrected chi connectivity index (χ1v) is 5.58. The molecule has 0 saturated heterocycles. The highest BCUT2D eigenvalue weighted by Gasteiger charge is 2.28. The third kappa shape index (κ3) is 2.84. The first kappa shape index (κ1) is 11.6. The topological polar surface area (TPSA) is 43.6 Å². The highest BCUT2D eigenvalue weighted by molar-refractivity contribution is 6.66. The molecular weight excluding hydrogens is 270 g/mol.